The van der Waals surface area contributed by atoms with E-state index in [0.29, 0.717) is 18.3 Å². The molecule has 1 aliphatic rings. The van der Waals surface area contributed by atoms with Crippen LogP contribution in [0.25, 0.3) is 0 Å². The summed E-state index contributed by atoms with van der Waals surface area (Å²) in [5.74, 6) is 0.0496. The van der Waals surface area contributed by atoms with Crippen molar-refractivity contribution in [3.63, 3.8) is 0 Å². The van der Waals surface area contributed by atoms with E-state index in [1.54, 1.807) is 12.1 Å². The number of carbonyl (C=O) groups is 1. The summed E-state index contributed by atoms with van der Waals surface area (Å²) in [6.07, 6.45) is 3.66. The Kier molecular flexibility index (Phi) is 4.20. The highest BCUT2D eigenvalue weighted by molar-refractivity contribution is 5.92. The molecule has 1 aliphatic heterocycles. The van der Waals surface area contributed by atoms with Crippen molar-refractivity contribution in [1.29, 1.82) is 0 Å². The number of piperidine rings is 1. The number of benzene rings is 1. The molecular formula is C14H21N3O. The first kappa shape index (κ1) is 12.9. The Hall–Kier alpha value is -1.55. The summed E-state index contributed by atoms with van der Waals surface area (Å²) in [5.41, 5.74) is 7.11. The molecule has 0 aliphatic carbocycles. The van der Waals surface area contributed by atoms with Gasteiger partial charge in [0.1, 0.15) is 0 Å². The number of hydrogen-bond donors (Lipinski definition) is 2. The molecule has 1 unspecified atom stereocenters. The van der Waals surface area contributed by atoms with Gasteiger partial charge in [-0.2, -0.15) is 0 Å². The number of anilines is 2. The third kappa shape index (κ3) is 3.47. The molecule has 0 aromatic heterocycles. The van der Waals surface area contributed by atoms with Crippen molar-refractivity contribution in [2.75, 3.05) is 24.1 Å². The van der Waals surface area contributed by atoms with Gasteiger partial charge in [-0.15, -0.1) is 0 Å². The lowest BCUT2D eigenvalue weighted by Gasteiger charge is -2.32. The predicted molar refractivity (Wildman–Crippen MR) is 74.4 cm³/mol. The Morgan fingerprint density at radius 3 is 2.78 bits per heavy atom. The number of rotatable bonds is 3. The maximum absolute atomic E-state index is 11.9. The van der Waals surface area contributed by atoms with E-state index in [-0.39, 0.29) is 5.91 Å². The molecule has 0 spiro atoms. The van der Waals surface area contributed by atoms with Crippen LogP contribution >= 0.6 is 0 Å². The summed E-state index contributed by atoms with van der Waals surface area (Å²) in [5, 5.41) is 2.90. The zero-order valence-electron chi connectivity index (χ0n) is 10.9. The van der Waals surface area contributed by atoms with Gasteiger partial charge in [0.2, 0.25) is 5.91 Å². The summed E-state index contributed by atoms with van der Waals surface area (Å²) in [7, 11) is 0. The first-order valence-electron chi connectivity index (χ1n) is 6.54. The second kappa shape index (κ2) is 5.87. The number of carbonyl (C=O) groups excluding carboxylic acids is 1. The van der Waals surface area contributed by atoms with Crippen LogP contribution in [0.2, 0.25) is 0 Å². The molecular weight excluding hydrogens is 226 g/mol. The molecule has 0 bridgehead atoms. The van der Waals surface area contributed by atoms with Gasteiger partial charge in [-0.3, -0.25) is 9.69 Å². The van der Waals surface area contributed by atoms with Crippen molar-refractivity contribution in [2.45, 2.75) is 32.2 Å². The molecule has 1 aromatic rings. The third-order valence-corrected chi connectivity index (χ3v) is 3.48. The van der Waals surface area contributed by atoms with E-state index in [1.165, 1.54) is 19.3 Å². The summed E-state index contributed by atoms with van der Waals surface area (Å²) in [4.78, 5) is 14.2. The fourth-order valence-electron chi connectivity index (χ4n) is 2.34. The predicted octanol–water partition coefficient (Wildman–Crippen LogP) is 2.08. The minimum absolute atomic E-state index is 0.0496. The topological polar surface area (TPSA) is 58.4 Å². The Morgan fingerprint density at radius 1 is 1.39 bits per heavy atom. The van der Waals surface area contributed by atoms with Crippen molar-refractivity contribution in [1.82, 2.24) is 4.90 Å². The lowest BCUT2D eigenvalue weighted by Crippen LogP contribution is -2.42. The Morgan fingerprint density at radius 2 is 2.11 bits per heavy atom. The monoisotopic (exact) mass is 247 g/mol. The average Bonchev–Trinajstić information content (AvgIpc) is 2.35. The third-order valence-electron chi connectivity index (χ3n) is 3.48. The first-order chi connectivity index (χ1) is 8.65. The molecule has 4 nitrogen and oxygen atoms in total. The molecule has 3 N–H and O–H groups in total. The Bertz CT molecular complexity index is 402. The lowest BCUT2D eigenvalue weighted by atomic mass is 10.0. The van der Waals surface area contributed by atoms with Gasteiger partial charge >= 0.3 is 0 Å². The van der Waals surface area contributed by atoms with Crippen molar-refractivity contribution < 1.29 is 4.79 Å². The van der Waals surface area contributed by atoms with Crippen LogP contribution < -0.4 is 11.1 Å². The van der Waals surface area contributed by atoms with Crippen LogP contribution in [0.15, 0.2) is 24.3 Å². The van der Waals surface area contributed by atoms with Crippen LogP contribution in [-0.2, 0) is 4.79 Å². The smallest absolute Gasteiger partial charge is 0.238 e. The summed E-state index contributed by atoms with van der Waals surface area (Å²) >= 11 is 0. The number of nitrogens with two attached hydrogens (primary N) is 1. The minimum atomic E-state index is 0.0496. The van der Waals surface area contributed by atoms with Crippen molar-refractivity contribution in [3.8, 4) is 0 Å². The van der Waals surface area contributed by atoms with E-state index in [2.05, 4.69) is 17.1 Å². The maximum Gasteiger partial charge on any atom is 0.238 e. The van der Waals surface area contributed by atoms with Gasteiger partial charge in [-0.05, 0) is 50.6 Å². The molecule has 2 rings (SSSR count). The van der Waals surface area contributed by atoms with Crippen molar-refractivity contribution >= 4 is 17.3 Å². The molecule has 1 atom stereocenters. The zero-order valence-corrected chi connectivity index (χ0v) is 10.9. The minimum Gasteiger partial charge on any atom is -0.399 e. The van der Waals surface area contributed by atoms with E-state index in [1.807, 2.05) is 12.1 Å². The number of amides is 1. The fourth-order valence-corrected chi connectivity index (χ4v) is 2.34. The van der Waals surface area contributed by atoms with Crippen molar-refractivity contribution in [2.24, 2.45) is 0 Å². The van der Waals surface area contributed by atoms with Crippen LogP contribution in [-0.4, -0.2) is 29.9 Å². The standard InChI is InChI=1S/C14H21N3O/c1-11-4-2-3-9-17(11)10-14(18)16-13-7-5-12(15)6-8-13/h5-8,11H,2-4,9-10,15H2,1H3,(H,16,18). The molecule has 1 saturated heterocycles. The van der Waals surface area contributed by atoms with Crippen LogP contribution in [0.4, 0.5) is 11.4 Å². The molecule has 0 radical (unpaired) electrons. The second-order valence-corrected chi connectivity index (χ2v) is 4.99. The SMILES string of the molecule is CC1CCCCN1CC(=O)Nc1ccc(N)cc1. The van der Waals surface area contributed by atoms with E-state index in [0.717, 1.165) is 12.2 Å². The Balaban J connectivity index is 1.86. The fraction of sp³-hybridized carbons (Fsp3) is 0.500. The normalized spacial score (nSPS) is 20.6. The quantitative estimate of drug-likeness (QED) is 0.804. The molecule has 1 fully saturated rings. The molecule has 18 heavy (non-hydrogen) atoms. The molecule has 1 aromatic carbocycles. The lowest BCUT2D eigenvalue weighted by molar-refractivity contribution is -0.118. The van der Waals surface area contributed by atoms with Crippen LogP contribution in [0, 0.1) is 0 Å². The van der Waals surface area contributed by atoms with Crippen LogP contribution in [0.5, 0.6) is 0 Å². The average molecular weight is 247 g/mol. The van der Waals surface area contributed by atoms with Gasteiger partial charge < -0.3 is 11.1 Å². The first-order valence-corrected chi connectivity index (χ1v) is 6.54. The number of hydrogen-bond acceptors (Lipinski definition) is 3. The number of nitrogen functional groups attached to an aromatic ring is 1. The number of nitrogens with one attached hydrogen (secondary N) is 1. The highest BCUT2D eigenvalue weighted by Crippen LogP contribution is 2.16. The highest BCUT2D eigenvalue weighted by atomic mass is 16.2. The van der Waals surface area contributed by atoms with Gasteiger partial charge in [0, 0.05) is 17.4 Å². The van der Waals surface area contributed by atoms with Crippen LogP contribution in [0.3, 0.4) is 0 Å². The summed E-state index contributed by atoms with van der Waals surface area (Å²) < 4.78 is 0. The largest absolute Gasteiger partial charge is 0.399 e. The number of likely N-dealkylation sites (tertiary alicyclic amines) is 1. The molecule has 4 heteroatoms. The van der Waals surface area contributed by atoms with Gasteiger partial charge in [0.25, 0.3) is 0 Å². The van der Waals surface area contributed by atoms with Gasteiger partial charge in [0.05, 0.1) is 6.54 Å². The second-order valence-electron chi connectivity index (χ2n) is 4.99. The molecule has 1 amide bonds. The van der Waals surface area contributed by atoms with Gasteiger partial charge in [0.15, 0.2) is 0 Å². The number of nitrogens with zero attached hydrogens (tertiary/aromatic N) is 1. The van der Waals surface area contributed by atoms with Gasteiger partial charge in [-0.25, -0.2) is 0 Å². The maximum atomic E-state index is 11.9. The Labute approximate surface area is 108 Å². The summed E-state index contributed by atoms with van der Waals surface area (Å²) in [6.45, 7) is 3.69. The molecule has 0 saturated carbocycles. The molecule has 98 valence electrons. The highest BCUT2D eigenvalue weighted by Gasteiger charge is 2.20. The van der Waals surface area contributed by atoms with E-state index in [9.17, 15) is 4.79 Å². The molecule has 1 heterocycles. The van der Waals surface area contributed by atoms with E-state index >= 15 is 0 Å². The van der Waals surface area contributed by atoms with Gasteiger partial charge in [-0.1, -0.05) is 6.42 Å². The van der Waals surface area contributed by atoms with Crippen molar-refractivity contribution in [3.05, 3.63) is 24.3 Å². The van der Waals surface area contributed by atoms with Crippen LogP contribution in [0.1, 0.15) is 26.2 Å². The zero-order chi connectivity index (χ0) is 13.0. The van der Waals surface area contributed by atoms with E-state index in [4.69, 9.17) is 5.73 Å². The van der Waals surface area contributed by atoms with E-state index < -0.39 is 0 Å². The summed E-state index contributed by atoms with van der Waals surface area (Å²) in [6, 6.07) is 7.74.